The van der Waals surface area contributed by atoms with Gasteiger partial charge in [-0.2, -0.15) is 0 Å². The number of rotatable bonds is 13. The Hall–Kier alpha value is -4.15. The van der Waals surface area contributed by atoms with Crippen molar-refractivity contribution in [3.63, 3.8) is 0 Å². The molecule has 0 fully saturated rings. The van der Waals surface area contributed by atoms with E-state index in [9.17, 15) is 18.0 Å². The van der Waals surface area contributed by atoms with Crippen molar-refractivity contribution in [2.75, 3.05) is 24.5 Å². The topological polar surface area (TPSA) is 96.0 Å². The number of halogens is 1. The van der Waals surface area contributed by atoms with Crippen molar-refractivity contribution >= 4 is 43.5 Å². The number of likely N-dealkylation sites (N-methyl/N-ethyl adjacent to an activating group) is 1. The summed E-state index contributed by atoms with van der Waals surface area (Å²) >= 11 is 3.49. The fraction of sp³-hybridized carbons (Fsp3) is 0.235. The summed E-state index contributed by atoms with van der Waals surface area (Å²) in [5, 5.41) is 2.69. The Bertz CT molecular complexity index is 1660. The number of aryl methyl sites for hydroxylation is 1. The normalized spacial score (nSPS) is 11.8. The molecule has 0 radical (unpaired) electrons. The van der Waals surface area contributed by atoms with Gasteiger partial charge in [-0.05, 0) is 73.5 Å². The number of hydrogen-bond acceptors (Lipinski definition) is 5. The highest BCUT2D eigenvalue weighted by atomic mass is 79.9. The number of sulfonamides is 1. The molecule has 4 aromatic carbocycles. The van der Waals surface area contributed by atoms with E-state index < -0.39 is 28.5 Å². The summed E-state index contributed by atoms with van der Waals surface area (Å²) in [4.78, 5) is 29.2. The Morgan fingerprint density at radius 3 is 2.16 bits per heavy atom. The quantitative estimate of drug-likeness (QED) is 0.195. The van der Waals surface area contributed by atoms with Crippen molar-refractivity contribution < 1.29 is 22.7 Å². The number of carbonyl (C=O) groups excluding carboxylic acids is 2. The van der Waals surface area contributed by atoms with Gasteiger partial charge in [0, 0.05) is 24.5 Å². The molecule has 0 aliphatic heterocycles. The third-order valence-corrected chi connectivity index (χ3v) is 9.36. The predicted octanol–water partition coefficient (Wildman–Crippen LogP) is 5.74. The average Bonchev–Trinajstić information content (AvgIpc) is 3.02. The van der Waals surface area contributed by atoms with Gasteiger partial charge in [-0.1, -0.05) is 76.1 Å². The molecule has 0 saturated heterocycles. The third kappa shape index (κ3) is 8.27. The summed E-state index contributed by atoms with van der Waals surface area (Å²) in [7, 11) is -2.65. The van der Waals surface area contributed by atoms with Crippen molar-refractivity contribution in [2.24, 2.45) is 0 Å². The SMILES string of the molecule is CCOc1ccc(N(CC(=O)N(Cc2cccc(Br)c2)[C@@H](Cc2ccccc2)C(=O)NC)S(=O)(=O)c2ccc(C)cc2)cc1. The monoisotopic (exact) mass is 677 g/mol. The van der Waals surface area contributed by atoms with Crippen molar-refractivity contribution in [3.8, 4) is 5.75 Å². The highest BCUT2D eigenvalue weighted by molar-refractivity contribution is 9.10. The molecule has 1 N–H and O–H groups in total. The number of ether oxygens (including phenoxy) is 1. The van der Waals surface area contributed by atoms with Crippen molar-refractivity contribution in [2.45, 2.75) is 37.8 Å². The van der Waals surface area contributed by atoms with Crippen molar-refractivity contribution in [1.29, 1.82) is 0 Å². The lowest BCUT2D eigenvalue weighted by molar-refractivity contribution is -0.139. The van der Waals surface area contributed by atoms with Crippen LogP contribution < -0.4 is 14.4 Å². The van der Waals surface area contributed by atoms with Crippen molar-refractivity contribution in [1.82, 2.24) is 10.2 Å². The van der Waals surface area contributed by atoms with Crippen LogP contribution in [0.25, 0.3) is 0 Å². The number of anilines is 1. The lowest BCUT2D eigenvalue weighted by Crippen LogP contribution is -2.53. The number of nitrogens with zero attached hydrogens (tertiary/aromatic N) is 2. The van der Waals surface area contributed by atoms with Gasteiger partial charge in [0.25, 0.3) is 10.0 Å². The van der Waals surface area contributed by atoms with E-state index in [0.29, 0.717) is 18.0 Å². The summed E-state index contributed by atoms with van der Waals surface area (Å²) in [6, 6.07) is 29.0. The lowest BCUT2D eigenvalue weighted by Gasteiger charge is -2.33. The Morgan fingerprint density at radius 1 is 0.886 bits per heavy atom. The Balaban J connectivity index is 1.78. The van der Waals surface area contributed by atoms with Crippen molar-refractivity contribution in [3.05, 3.63) is 124 Å². The van der Waals surface area contributed by atoms with Crippen LogP contribution in [0.4, 0.5) is 5.69 Å². The zero-order chi connectivity index (χ0) is 31.7. The first-order valence-corrected chi connectivity index (χ1v) is 16.5. The minimum absolute atomic E-state index is 0.0514. The van der Waals surface area contributed by atoms with Gasteiger partial charge < -0.3 is 15.0 Å². The molecule has 10 heteroatoms. The molecule has 0 bridgehead atoms. The van der Waals surface area contributed by atoms with Crippen LogP contribution in [0.1, 0.15) is 23.6 Å². The molecule has 2 amide bonds. The van der Waals surface area contributed by atoms with Gasteiger partial charge in [-0.25, -0.2) is 8.42 Å². The molecular weight excluding hydrogens is 642 g/mol. The molecule has 0 spiro atoms. The highest BCUT2D eigenvalue weighted by Crippen LogP contribution is 2.27. The molecular formula is C34H36BrN3O5S. The number of amides is 2. The highest BCUT2D eigenvalue weighted by Gasteiger charge is 2.34. The first kappa shape index (κ1) is 32.8. The first-order valence-electron chi connectivity index (χ1n) is 14.2. The van der Waals surface area contributed by atoms with Gasteiger partial charge >= 0.3 is 0 Å². The molecule has 44 heavy (non-hydrogen) atoms. The van der Waals surface area contributed by atoms with Crippen LogP contribution in [0.5, 0.6) is 5.75 Å². The van der Waals surface area contributed by atoms with Gasteiger partial charge in [0.05, 0.1) is 17.2 Å². The Kier molecular flexibility index (Phi) is 11.2. The fourth-order valence-corrected chi connectivity index (χ4v) is 6.65. The standard InChI is InChI=1S/C34H36BrN3O5S/c1-4-43-30-17-15-29(16-18-30)38(44(41,42)31-19-13-25(2)14-20-31)24-33(39)37(23-27-11-8-12-28(35)21-27)32(34(40)36-3)22-26-9-6-5-7-10-26/h5-21,32H,4,22-24H2,1-3H3,(H,36,40)/t32-/m0/s1. The second-order valence-corrected chi connectivity index (χ2v) is 13.0. The predicted molar refractivity (Wildman–Crippen MR) is 176 cm³/mol. The van der Waals surface area contributed by atoms with E-state index in [2.05, 4.69) is 21.2 Å². The maximum atomic E-state index is 14.4. The van der Waals surface area contributed by atoms with Gasteiger partial charge in [0.15, 0.2) is 0 Å². The van der Waals surface area contributed by atoms with Gasteiger partial charge in [-0.3, -0.25) is 13.9 Å². The molecule has 0 heterocycles. The van der Waals surface area contributed by atoms with Crippen LogP contribution in [0, 0.1) is 6.92 Å². The smallest absolute Gasteiger partial charge is 0.264 e. The van der Waals surface area contributed by atoms with Crippen LogP contribution in [-0.2, 0) is 32.6 Å². The number of nitrogens with one attached hydrogen (secondary N) is 1. The van der Waals surface area contributed by atoms with Crippen LogP contribution in [0.3, 0.4) is 0 Å². The molecule has 0 saturated carbocycles. The van der Waals surface area contributed by atoms with E-state index in [1.165, 1.54) is 24.1 Å². The zero-order valence-corrected chi connectivity index (χ0v) is 27.3. The van der Waals surface area contributed by atoms with Crippen LogP contribution >= 0.6 is 15.9 Å². The molecule has 0 aromatic heterocycles. The molecule has 0 aliphatic rings. The number of carbonyl (C=O) groups is 2. The average molecular weight is 679 g/mol. The Morgan fingerprint density at radius 2 is 1.55 bits per heavy atom. The minimum atomic E-state index is -4.18. The van der Waals surface area contributed by atoms with E-state index in [0.717, 1.165) is 25.5 Å². The largest absolute Gasteiger partial charge is 0.494 e. The zero-order valence-electron chi connectivity index (χ0n) is 24.9. The Labute approximate surface area is 267 Å². The molecule has 230 valence electrons. The van der Waals surface area contributed by atoms with E-state index in [1.807, 2.05) is 68.4 Å². The minimum Gasteiger partial charge on any atom is -0.494 e. The second-order valence-electron chi connectivity index (χ2n) is 10.2. The van der Waals surface area contributed by atoms with Crippen LogP contribution in [0.15, 0.2) is 112 Å². The van der Waals surface area contributed by atoms with Gasteiger partial charge in [0.1, 0.15) is 18.3 Å². The summed E-state index contributed by atoms with van der Waals surface area (Å²) in [5.74, 6) is -0.306. The third-order valence-electron chi connectivity index (χ3n) is 7.08. The summed E-state index contributed by atoms with van der Waals surface area (Å²) < 4.78 is 35.7. The molecule has 1 atom stereocenters. The van der Waals surface area contributed by atoms with Gasteiger partial charge in [-0.15, -0.1) is 0 Å². The van der Waals surface area contributed by atoms with Crippen LogP contribution in [-0.4, -0.2) is 51.4 Å². The number of hydrogen-bond donors (Lipinski definition) is 1. The number of benzene rings is 4. The maximum absolute atomic E-state index is 14.4. The molecule has 4 rings (SSSR count). The van der Waals surface area contributed by atoms with E-state index in [1.54, 1.807) is 36.4 Å². The second kappa shape index (κ2) is 15.0. The van der Waals surface area contributed by atoms with E-state index in [-0.39, 0.29) is 23.8 Å². The molecule has 0 unspecified atom stereocenters. The van der Waals surface area contributed by atoms with E-state index >= 15 is 0 Å². The maximum Gasteiger partial charge on any atom is 0.264 e. The first-order chi connectivity index (χ1) is 21.1. The lowest BCUT2D eigenvalue weighted by atomic mass is 10.0. The molecule has 8 nitrogen and oxygen atoms in total. The summed E-state index contributed by atoms with van der Waals surface area (Å²) in [5.41, 5.74) is 2.85. The molecule has 4 aromatic rings. The van der Waals surface area contributed by atoms with E-state index in [4.69, 9.17) is 4.74 Å². The fourth-order valence-electron chi connectivity index (χ4n) is 4.79. The van der Waals surface area contributed by atoms with Crippen LogP contribution in [0.2, 0.25) is 0 Å². The molecule has 0 aliphatic carbocycles. The van der Waals surface area contributed by atoms with Gasteiger partial charge in [0.2, 0.25) is 11.8 Å². The summed E-state index contributed by atoms with van der Waals surface area (Å²) in [6.45, 7) is 3.75. The summed E-state index contributed by atoms with van der Waals surface area (Å²) in [6.07, 6.45) is 0.244.